The zero-order chi connectivity index (χ0) is 14.0. The fourth-order valence-corrected chi connectivity index (χ4v) is 1.09. The molecule has 1 unspecified atom stereocenters. The van der Waals surface area contributed by atoms with E-state index >= 15 is 0 Å². The van der Waals surface area contributed by atoms with Crippen molar-refractivity contribution in [1.82, 2.24) is 0 Å². The molecule has 0 aromatic heterocycles. The van der Waals surface area contributed by atoms with Crippen molar-refractivity contribution in [2.45, 2.75) is 19.8 Å². The van der Waals surface area contributed by atoms with Gasteiger partial charge in [0.25, 0.3) is 0 Å². The Kier molecular flexibility index (Phi) is 7.35. The number of aldehydes is 1. The van der Waals surface area contributed by atoms with E-state index in [2.05, 4.69) is 13.2 Å². The third kappa shape index (κ3) is 5.43. The number of carbonyl (C=O) groups excluding carboxylic acids is 3. The first-order valence-corrected chi connectivity index (χ1v) is 5.51. The van der Waals surface area contributed by atoms with Gasteiger partial charge in [-0.3, -0.25) is 9.59 Å². The van der Waals surface area contributed by atoms with E-state index in [-0.39, 0.29) is 26.1 Å². The monoisotopic (exact) mass is 254 g/mol. The van der Waals surface area contributed by atoms with Crippen molar-refractivity contribution in [2.24, 2.45) is 5.41 Å². The minimum Gasteiger partial charge on any atom is -0.461 e. The Morgan fingerprint density at radius 3 is 2.22 bits per heavy atom. The van der Waals surface area contributed by atoms with Crippen molar-refractivity contribution in [1.29, 1.82) is 0 Å². The van der Waals surface area contributed by atoms with Crippen LogP contribution in [0.15, 0.2) is 25.3 Å². The van der Waals surface area contributed by atoms with Gasteiger partial charge in [-0.2, -0.15) is 0 Å². The minimum atomic E-state index is -1.34. The summed E-state index contributed by atoms with van der Waals surface area (Å²) in [5.74, 6) is -1.16. The van der Waals surface area contributed by atoms with E-state index < -0.39 is 17.4 Å². The Morgan fingerprint density at radius 2 is 1.72 bits per heavy atom. The van der Waals surface area contributed by atoms with Gasteiger partial charge in [-0.05, 0) is 13.3 Å². The molecule has 0 radical (unpaired) electrons. The third-order valence-corrected chi connectivity index (χ3v) is 2.27. The first-order chi connectivity index (χ1) is 8.50. The summed E-state index contributed by atoms with van der Waals surface area (Å²) >= 11 is 0. The normalized spacial score (nSPS) is 12.9. The molecular formula is C13H18O5. The van der Waals surface area contributed by atoms with Gasteiger partial charge in [-0.1, -0.05) is 25.3 Å². The van der Waals surface area contributed by atoms with Gasteiger partial charge >= 0.3 is 11.9 Å². The lowest BCUT2D eigenvalue weighted by molar-refractivity contribution is -0.156. The molecule has 0 aromatic rings. The first kappa shape index (κ1) is 16.1. The molecule has 1 atom stereocenters. The van der Waals surface area contributed by atoms with Crippen molar-refractivity contribution < 1.29 is 23.9 Å². The second kappa shape index (κ2) is 8.22. The molecule has 0 amide bonds. The molecule has 0 aliphatic heterocycles. The van der Waals surface area contributed by atoms with Gasteiger partial charge in [0.05, 0.1) is 0 Å². The highest BCUT2D eigenvalue weighted by atomic mass is 16.5. The summed E-state index contributed by atoms with van der Waals surface area (Å²) in [4.78, 5) is 33.8. The molecule has 0 aromatic carbocycles. The Morgan fingerprint density at radius 1 is 1.17 bits per heavy atom. The fourth-order valence-electron chi connectivity index (χ4n) is 1.09. The lowest BCUT2D eigenvalue weighted by Gasteiger charge is -2.19. The number of carbonyl (C=O) groups is 3. The van der Waals surface area contributed by atoms with Crippen molar-refractivity contribution in [2.75, 3.05) is 13.2 Å². The average Bonchev–Trinajstić information content (AvgIpc) is 2.39. The molecule has 0 saturated heterocycles. The molecule has 18 heavy (non-hydrogen) atoms. The summed E-state index contributed by atoms with van der Waals surface area (Å²) in [6, 6.07) is 0. The zero-order valence-electron chi connectivity index (χ0n) is 10.5. The van der Waals surface area contributed by atoms with Gasteiger partial charge < -0.3 is 14.3 Å². The smallest absolute Gasteiger partial charge is 0.319 e. The van der Waals surface area contributed by atoms with Gasteiger partial charge in [-0.15, -0.1) is 0 Å². The lowest BCUT2D eigenvalue weighted by Crippen LogP contribution is -2.32. The summed E-state index contributed by atoms with van der Waals surface area (Å²) < 4.78 is 9.55. The average molecular weight is 254 g/mol. The van der Waals surface area contributed by atoms with Gasteiger partial charge in [0.2, 0.25) is 0 Å². The zero-order valence-corrected chi connectivity index (χ0v) is 10.5. The SMILES string of the molecule is C=CCOC(=O)CCC(C)(C=O)C(=O)OCC=C. The Balaban J connectivity index is 4.33. The van der Waals surface area contributed by atoms with E-state index in [9.17, 15) is 14.4 Å². The number of hydrogen-bond acceptors (Lipinski definition) is 5. The van der Waals surface area contributed by atoms with Crippen LogP contribution in [0.5, 0.6) is 0 Å². The number of hydrogen-bond donors (Lipinski definition) is 0. The lowest BCUT2D eigenvalue weighted by atomic mass is 9.87. The largest absolute Gasteiger partial charge is 0.461 e. The summed E-state index contributed by atoms with van der Waals surface area (Å²) in [6.07, 6.45) is 3.34. The van der Waals surface area contributed by atoms with Crippen molar-refractivity contribution in [3.8, 4) is 0 Å². The summed E-state index contributed by atoms with van der Waals surface area (Å²) in [6.45, 7) is 8.36. The van der Waals surface area contributed by atoms with Crippen LogP contribution in [0.4, 0.5) is 0 Å². The Labute approximate surface area is 106 Å². The molecule has 0 heterocycles. The van der Waals surface area contributed by atoms with E-state index in [1.807, 2.05) is 0 Å². The van der Waals surface area contributed by atoms with E-state index in [1.165, 1.54) is 19.1 Å². The van der Waals surface area contributed by atoms with Crippen LogP contribution in [-0.2, 0) is 23.9 Å². The molecular weight excluding hydrogens is 236 g/mol. The molecule has 0 spiro atoms. The molecule has 0 N–H and O–H groups in total. The standard InChI is InChI=1S/C13H18O5/c1-4-8-17-11(15)6-7-13(3,10-14)12(16)18-9-5-2/h4-5,10H,1-2,6-9H2,3H3. The van der Waals surface area contributed by atoms with Crippen LogP contribution in [-0.4, -0.2) is 31.4 Å². The topological polar surface area (TPSA) is 69.7 Å². The number of esters is 2. The third-order valence-electron chi connectivity index (χ3n) is 2.27. The molecule has 5 nitrogen and oxygen atoms in total. The summed E-state index contributed by atoms with van der Waals surface area (Å²) in [5.41, 5.74) is -1.34. The van der Waals surface area contributed by atoms with E-state index in [0.29, 0.717) is 6.29 Å². The van der Waals surface area contributed by atoms with Crippen LogP contribution >= 0.6 is 0 Å². The fraction of sp³-hybridized carbons (Fsp3) is 0.462. The quantitative estimate of drug-likeness (QED) is 0.269. The molecule has 0 aliphatic rings. The predicted molar refractivity (Wildman–Crippen MR) is 65.7 cm³/mol. The molecule has 100 valence electrons. The van der Waals surface area contributed by atoms with E-state index in [1.54, 1.807) is 0 Å². The van der Waals surface area contributed by atoms with Crippen LogP contribution in [0.1, 0.15) is 19.8 Å². The Hall–Kier alpha value is -1.91. The highest BCUT2D eigenvalue weighted by Gasteiger charge is 2.35. The van der Waals surface area contributed by atoms with Crippen LogP contribution in [0.3, 0.4) is 0 Å². The van der Waals surface area contributed by atoms with E-state index in [0.717, 1.165) is 0 Å². The van der Waals surface area contributed by atoms with Crippen LogP contribution in [0.2, 0.25) is 0 Å². The minimum absolute atomic E-state index is 0.0309. The molecule has 0 fully saturated rings. The molecule has 5 heteroatoms. The van der Waals surface area contributed by atoms with Crippen LogP contribution in [0.25, 0.3) is 0 Å². The van der Waals surface area contributed by atoms with Crippen LogP contribution < -0.4 is 0 Å². The van der Waals surface area contributed by atoms with Crippen molar-refractivity contribution in [3.63, 3.8) is 0 Å². The summed E-state index contributed by atoms with van der Waals surface area (Å²) in [5, 5.41) is 0. The maximum absolute atomic E-state index is 11.6. The Bertz CT molecular complexity index is 334. The highest BCUT2D eigenvalue weighted by molar-refractivity contribution is 5.93. The second-order valence-corrected chi connectivity index (χ2v) is 3.89. The van der Waals surface area contributed by atoms with Crippen molar-refractivity contribution >= 4 is 18.2 Å². The number of ether oxygens (including phenoxy) is 2. The van der Waals surface area contributed by atoms with Gasteiger partial charge in [0, 0.05) is 6.42 Å². The maximum atomic E-state index is 11.6. The van der Waals surface area contributed by atoms with E-state index in [4.69, 9.17) is 9.47 Å². The molecule has 0 bridgehead atoms. The van der Waals surface area contributed by atoms with Crippen LogP contribution in [0, 0.1) is 5.41 Å². The number of rotatable bonds is 9. The molecule has 0 aliphatic carbocycles. The second-order valence-electron chi connectivity index (χ2n) is 3.89. The van der Waals surface area contributed by atoms with Gasteiger partial charge in [0.15, 0.2) is 0 Å². The molecule has 0 saturated carbocycles. The maximum Gasteiger partial charge on any atom is 0.319 e. The summed E-state index contributed by atoms with van der Waals surface area (Å²) in [7, 11) is 0. The predicted octanol–water partition coefficient (Wildman–Crippen LogP) is 1.43. The van der Waals surface area contributed by atoms with Crippen molar-refractivity contribution in [3.05, 3.63) is 25.3 Å². The highest BCUT2D eigenvalue weighted by Crippen LogP contribution is 2.22. The van der Waals surface area contributed by atoms with Gasteiger partial charge in [0.1, 0.15) is 24.9 Å². The van der Waals surface area contributed by atoms with Gasteiger partial charge in [-0.25, -0.2) is 0 Å². The first-order valence-electron chi connectivity index (χ1n) is 5.51. The molecule has 0 rings (SSSR count).